The van der Waals surface area contributed by atoms with Gasteiger partial charge in [-0.1, -0.05) is 6.07 Å². The number of nitrogens with zero attached hydrogens (tertiary/aromatic N) is 2. The van der Waals surface area contributed by atoms with Crippen molar-refractivity contribution in [2.45, 2.75) is 19.5 Å². The van der Waals surface area contributed by atoms with Crippen molar-refractivity contribution >= 4 is 11.0 Å². The van der Waals surface area contributed by atoms with Crippen molar-refractivity contribution in [3.05, 3.63) is 58.3 Å². The summed E-state index contributed by atoms with van der Waals surface area (Å²) in [7, 11) is 0. The van der Waals surface area contributed by atoms with Gasteiger partial charge in [0.25, 0.3) is 0 Å². The lowest BCUT2D eigenvalue weighted by molar-refractivity contribution is 0.564. The van der Waals surface area contributed by atoms with Crippen LogP contribution in [0, 0.1) is 0 Å². The summed E-state index contributed by atoms with van der Waals surface area (Å²) in [5, 5.41) is 11.3. The largest absolute Gasteiger partial charge is 0.323 e. The van der Waals surface area contributed by atoms with Gasteiger partial charge in [-0.05, 0) is 36.8 Å². The van der Waals surface area contributed by atoms with Gasteiger partial charge in [0.2, 0.25) is 0 Å². The molecule has 3 rings (SSSR count). The maximum absolute atomic E-state index is 11.2. The lowest BCUT2D eigenvalue weighted by Gasteiger charge is -2.13. The van der Waals surface area contributed by atoms with Crippen molar-refractivity contribution in [2.24, 2.45) is 0 Å². The molecule has 2 aromatic heterocycles. The lowest BCUT2D eigenvalue weighted by atomic mass is 10.1. The van der Waals surface area contributed by atoms with Crippen LogP contribution in [0.5, 0.6) is 0 Å². The van der Waals surface area contributed by atoms with E-state index in [1.165, 1.54) is 0 Å². The van der Waals surface area contributed by atoms with E-state index in [2.05, 4.69) is 32.4 Å². The molecular weight excluding hydrogens is 254 g/mol. The minimum absolute atomic E-state index is 0.153. The number of nitrogens with one attached hydrogen (secondary N) is 3. The maximum atomic E-state index is 11.2. The van der Waals surface area contributed by atoms with Gasteiger partial charge in [-0.25, -0.2) is 4.79 Å². The van der Waals surface area contributed by atoms with Crippen LogP contribution in [-0.2, 0) is 6.54 Å². The number of aromatic amines is 2. The van der Waals surface area contributed by atoms with Crippen LogP contribution in [0.25, 0.3) is 11.0 Å². The first-order valence-electron chi connectivity index (χ1n) is 6.44. The Balaban J connectivity index is 1.74. The normalized spacial score (nSPS) is 12.7. The number of hydrogen-bond donors (Lipinski definition) is 3. The topological polar surface area (TPSA) is 86.5 Å². The minimum atomic E-state index is -0.183. The fraction of sp³-hybridized carbons (Fsp3) is 0.214. The van der Waals surface area contributed by atoms with Crippen LogP contribution in [0.15, 0.2) is 41.3 Å². The predicted molar refractivity (Wildman–Crippen MR) is 76.2 cm³/mol. The quantitative estimate of drug-likeness (QED) is 0.670. The molecule has 0 aliphatic carbocycles. The van der Waals surface area contributed by atoms with Crippen molar-refractivity contribution in [3.8, 4) is 0 Å². The molecule has 0 fully saturated rings. The minimum Gasteiger partial charge on any atom is -0.306 e. The summed E-state index contributed by atoms with van der Waals surface area (Å²) in [6.45, 7) is 2.72. The Morgan fingerprint density at radius 2 is 2.10 bits per heavy atom. The average molecular weight is 269 g/mol. The van der Waals surface area contributed by atoms with Crippen molar-refractivity contribution in [1.29, 1.82) is 0 Å². The molecule has 0 spiro atoms. The monoisotopic (exact) mass is 269 g/mol. The Labute approximate surface area is 115 Å². The average Bonchev–Trinajstić information content (AvgIpc) is 2.85. The molecule has 0 saturated carbocycles. The third kappa shape index (κ3) is 2.60. The first-order chi connectivity index (χ1) is 9.72. The Kier molecular flexibility index (Phi) is 3.30. The number of H-pyrrole nitrogens is 2. The summed E-state index contributed by atoms with van der Waals surface area (Å²) >= 11 is 0. The highest BCUT2D eigenvalue weighted by atomic mass is 16.1. The van der Waals surface area contributed by atoms with Gasteiger partial charge in [0.15, 0.2) is 0 Å². The van der Waals surface area contributed by atoms with Gasteiger partial charge in [-0.3, -0.25) is 0 Å². The summed E-state index contributed by atoms with van der Waals surface area (Å²) in [5.74, 6) is 0. The fourth-order valence-corrected chi connectivity index (χ4v) is 2.12. The molecular formula is C14H15N5O. The number of benzene rings is 1. The van der Waals surface area contributed by atoms with E-state index in [4.69, 9.17) is 0 Å². The van der Waals surface area contributed by atoms with Gasteiger partial charge in [-0.2, -0.15) is 10.2 Å². The highest BCUT2D eigenvalue weighted by Gasteiger charge is 2.07. The molecule has 1 atom stereocenters. The smallest absolute Gasteiger partial charge is 0.306 e. The summed E-state index contributed by atoms with van der Waals surface area (Å²) in [6, 6.07) is 9.83. The summed E-state index contributed by atoms with van der Waals surface area (Å²) < 4.78 is 0. The van der Waals surface area contributed by atoms with Crippen LogP contribution >= 0.6 is 0 Å². The Morgan fingerprint density at radius 1 is 1.25 bits per heavy atom. The molecule has 1 aromatic carbocycles. The van der Waals surface area contributed by atoms with E-state index in [0.29, 0.717) is 6.54 Å². The first-order valence-corrected chi connectivity index (χ1v) is 6.44. The molecule has 0 aliphatic heterocycles. The van der Waals surface area contributed by atoms with Crippen molar-refractivity contribution in [2.75, 3.05) is 0 Å². The van der Waals surface area contributed by atoms with Crippen LogP contribution < -0.4 is 11.0 Å². The van der Waals surface area contributed by atoms with E-state index in [1.54, 1.807) is 6.20 Å². The standard InChI is InChI=1S/C14H15N5O/c1-9(15-8-11-3-2-6-16-19-11)10-4-5-12-13(7-10)18-14(20)17-12/h2-7,9,15H,8H2,1H3,(H2,17,18,20). The number of fused-ring (bicyclic) bond motifs is 1. The zero-order chi connectivity index (χ0) is 13.9. The molecule has 1 unspecified atom stereocenters. The van der Waals surface area contributed by atoms with Crippen molar-refractivity contribution in [3.63, 3.8) is 0 Å². The number of rotatable bonds is 4. The molecule has 0 aliphatic rings. The van der Waals surface area contributed by atoms with E-state index in [0.717, 1.165) is 22.3 Å². The Morgan fingerprint density at radius 3 is 2.90 bits per heavy atom. The second-order valence-electron chi connectivity index (χ2n) is 4.70. The molecule has 0 radical (unpaired) electrons. The van der Waals surface area contributed by atoms with Crippen LogP contribution in [-0.4, -0.2) is 20.2 Å². The van der Waals surface area contributed by atoms with E-state index in [-0.39, 0.29) is 11.7 Å². The summed E-state index contributed by atoms with van der Waals surface area (Å²) in [5.41, 5.74) is 3.46. The van der Waals surface area contributed by atoms with Gasteiger partial charge < -0.3 is 15.3 Å². The van der Waals surface area contributed by atoms with E-state index >= 15 is 0 Å². The fourth-order valence-electron chi connectivity index (χ4n) is 2.12. The lowest BCUT2D eigenvalue weighted by Crippen LogP contribution is -2.18. The van der Waals surface area contributed by atoms with Crippen LogP contribution in [0.1, 0.15) is 24.2 Å². The van der Waals surface area contributed by atoms with Gasteiger partial charge >= 0.3 is 5.69 Å². The van der Waals surface area contributed by atoms with E-state index in [9.17, 15) is 4.79 Å². The molecule has 3 N–H and O–H groups in total. The molecule has 102 valence electrons. The second-order valence-corrected chi connectivity index (χ2v) is 4.70. The molecule has 0 saturated heterocycles. The molecule has 3 aromatic rings. The summed E-state index contributed by atoms with van der Waals surface area (Å²) in [4.78, 5) is 16.7. The first kappa shape index (κ1) is 12.6. The highest BCUT2D eigenvalue weighted by Crippen LogP contribution is 2.17. The highest BCUT2D eigenvalue weighted by molar-refractivity contribution is 5.75. The molecule has 2 heterocycles. The van der Waals surface area contributed by atoms with E-state index < -0.39 is 0 Å². The van der Waals surface area contributed by atoms with Gasteiger partial charge in [0.1, 0.15) is 0 Å². The summed E-state index contributed by atoms with van der Waals surface area (Å²) in [6.07, 6.45) is 1.66. The Bertz CT molecular complexity index is 762. The third-order valence-corrected chi connectivity index (χ3v) is 3.26. The SMILES string of the molecule is CC(NCc1cccnn1)c1ccc2[nH]c(=O)[nH]c2c1. The van der Waals surface area contributed by atoms with E-state index in [1.807, 2.05) is 30.3 Å². The molecule has 0 bridgehead atoms. The molecule has 6 heteroatoms. The third-order valence-electron chi connectivity index (χ3n) is 3.26. The van der Waals surface area contributed by atoms with Crippen molar-refractivity contribution in [1.82, 2.24) is 25.5 Å². The molecule has 6 nitrogen and oxygen atoms in total. The van der Waals surface area contributed by atoms with Gasteiger partial charge in [0, 0.05) is 18.8 Å². The van der Waals surface area contributed by atoms with Gasteiger partial charge in [-0.15, -0.1) is 0 Å². The maximum Gasteiger partial charge on any atom is 0.323 e. The number of aromatic nitrogens is 4. The molecule has 20 heavy (non-hydrogen) atoms. The number of hydrogen-bond acceptors (Lipinski definition) is 4. The molecule has 0 amide bonds. The second kappa shape index (κ2) is 5.26. The van der Waals surface area contributed by atoms with Crippen molar-refractivity contribution < 1.29 is 0 Å². The predicted octanol–water partition coefficient (Wildman–Crippen LogP) is 1.50. The van der Waals surface area contributed by atoms with Crippen LogP contribution in [0.3, 0.4) is 0 Å². The van der Waals surface area contributed by atoms with Crippen LogP contribution in [0.2, 0.25) is 0 Å². The number of imidazole rings is 1. The van der Waals surface area contributed by atoms with Crippen LogP contribution in [0.4, 0.5) is 0 Å². The van der Waals surface area contributed by atoms with Gasteiger partial charge in [0.05, 0.1) is 16.7 Å². The zero-order valence-electron chi connectivity index (χ0n) is 11.1. The zero-order valence-corrected chi connectivity index (χ0v) is 11.1. The Hall–Kier alpha value is -2.47.